The minimum atomic E-state index is -0.729. The zero-order valence-corrected chi connectivity index (χ0v) is 10.8. The molecule has 2 aliphatic rings. The van der Waals surface area contributed by atoms with Crippen molar-refractivity contribution < 1.29 is 9.84 Å². The highest BCUT2D eigenvalue weighted by Crippen LogP contribution is 2.39. The molecule has 2 saturated heterocycles. The molecule has 0 aliphatic carbocycles. The van der Waals surface area contributed by atoms with Crippen LogP contribution in [-0.4, -0.2) is 41.2 Å². The molecule has 1 N–H and O–H groups in total. The second-order valence-electron chi connectivity index (χ2n) is 5.43. The lowest BCUT2D eigenvalue weighted by atomic mass is 9.81. The highest BCUT2D eigenvalue weighted by molar-refractivity contribution is 5.29. The molecule has 0 spiro atoms. The number of hydrogen-bond acceptors (Lipinski definition) is 4. The maximum atomic E-state index is 10.9. The number of nitrogens with zero attached hydrogens (tertiary/aromatic N) is 2. The van der Waals surface area contributed by atoms with Crippen LogP contribution in [0.2, 0.25) is 0 Å². The number of aromatic nitrogens is 1. The molecule has 2 fully saturated rings. The standard InChI is InChI=1S/C14H20N2O2/c1-18-13-7-11(9-15-10-13)14(17)4-6-16-5-2-3-12(16)8-14/h7,9-10,12,17H,2-6,8H2,1H3. The molecule has 0 amide bonds. The van der Waals surface area contributed by atoms with Crippen molar-refractivity contribution in [2.45, 2.75) is 37.3 Å². The Morgan fingerprint density at radius 1 is 1.44 bits per heavy atom. The largest absolute Gasteiger partial charge is 0.495 e. The predicted octanol–water partition coefficient (Wildman–Crippen LogP) is 1.54. The molecule has 0 radical (unpaired) electrons. The van der Waals surface area contributed by atoms with Gasteiger partial charge in [-0.1, -0.05) is 0 Å². The lowest BCUT2D eigenvalue weighted by Gasteiger charge is -2.41. The van der Waals surface area contributed by atoms with Gasteiger partial charge in [0, 0.05) is 24.3 Å². The van der Waals surface area contributed by atoms with E-state index in [0.29, 0.717) is 6.04 Å². The minimum Gasteiger partial charge on any atom is -0.495 e. The van der Waals surface area contributed by atoms with E-state index in [2.05, 4.69) is 9.88 Å². The van der Waals surface area contributed by atoms with E-state index in [1.54, 1.807) is 19.5 Å². The minimum absolute atomic E-state index is 0.537. The van der Waals surface area contributed by atoms with Crippen molar-refractivity contribution in [1.82, 2.24) is 9.88 Å². The Kier molecular flexibility index (Phi) is 2.99. The summed E-state index contributed by atoms with van der Waals surface area (Å²) in [6.07, 6.45) is 7.53. The highest BCUT2D eigenvalue weighted by atomic mass is 16.5. The molecule has 4 heteroatoms. The van der Waals surface area contributed by atoms with E-state index in [-0.39, 0.29) is 0 Å². The third-order valence-electron chi connectivity index (χ3n) is 4.37. The summed E-state index contributed by atoms with van der Waals surface area (Å²) in [7, 11) is 1.63. The van der Waals surface area contributed by atoms with Crippen LogP contribution in [0.25, 0.3) is 0 Å². The number of pyridine rings is 1. The van der Waals surface area contributed by atoms with Crippen molar-refractivity contribution in [3.05, 3.63) is 24.0 Å². The molecule has 2 aliphatic heterocycles. The number of piperidine rings is 1. The fraction of sp³-hybridized carbons (Fsp3) is 0.643. The molecule has 18 heavy (non-hydrogen) atoms. The van der Waals surface area contributed by atoms with Gasteiger partial charge < -0.3 is 14.7 Å². The first-order valence-electron chi connectivity index (χ1n) is 6.67. The topological polar surface area (TPSA) is 45.6 Å². The SMILES string of the molecule is COc1cncc(C2(O)CCN3CCCC3C2)c1. The molecule has 3 rings (SSSR count). The lowest BCUT2D eigenvalue weighted by molar-refractivity contribution is -0.0412. The van der Waals surface area contributed by atoms with Crippen LogP contribution in [0.4, 0.5) is 0 Å². The Labute approximate surface area is 108 Å². The summed E-state index contributed by atoms with van der Waals surface area (Å²) in [4.78, 5) is 6.66. The fourth-order valence-corrected chi connectivity index (χ4v) is 3.29. The molecule has 1 aromatic heterocycles. The summed E-state index contributed by atoms with van der Waals surface area (Å²) < 4.78 is 5.19. The third-order valence-corrected chi connectivity index (χ3v) is 4.37. The van der Waals surface area contributed by atoms with Crippen molar-refractivity contribution in [1.29, 1.82) is 0 Å². The van der Waals surface area contributed by atoms with E-state index < -0.39 is 5.60 Å². The van der Waals surface area contributed by atoms with Crippen molar-refractivity contribution in [2.24, 2.45) is 0 Å². The molecule has 2 atom stereocenters. The molecule has 3 heterocycles. The second kappa shape index (κ2) is 4.52. The van der Waals surface area contributed by atoms with Crippen molar-refractivity contribution in [3.63, 3.8) is 0 Å². The monoisotopic (exact) mass is 248 g/mol. The van der Waals surface area contributed by atoms with E-state index in [0.717, 1.165) is 30.7 Å². The van der Waals surface area contributed by atoms with Crippen LogP contribution in [0.15, 0.2) is 18.5 Å². The molecule has 0 aromatic carbocycles. The van der Waals surface area contributed by atoms with Crippen molar-refractivity contribution >= 4 is 0 Å². The van der Waals surface area contributed by atoms with Gasteiger partial charge in [-0.3, -0.25) is 4.98 Å². The Hall–Kier alpha value is -1.13. The van der Waals surface area contributed by atoms with Gasteiger partial charge in [-0.05, 0) is 38.3 Å². The average molecular weight is 248 g/mol. The van der Waals surface area contributed by atoms with Crippen LogP contribution < -0.4 is 4.74 Å². The number of ether oxygens (including phenoxy) is 1. The summed E-state index contributed by atoms with van der Waals surface area (Å²) in [6.45, 7) is 2.18. The van der Waals surface area contributed by atoms with Crippen LogP contribution >= 0.6 is 0 Å². The zero-order chi connectivity index (χ0) is 12.6. The van der Waals surface area contributed by atoms with Crippen LogP contribution in [0.3, 0.4) is 0 Å². The normalized spacial score (nSPS) is 32.2. The summed E-state index contributed by atoms with van der Waals surface area (Å²) in [5, 5.41) is 10.9. The third kappa shape index (κ3) is 1.99. The van der Waals surface area contributed by atoms with Gasteiger partial charge in [-0.15, -0.1) is 0 Å². The van der Waals surface area contributed by atoms with E-state index in [4.69, 9.17) is 4.74 Å². The van der Waals surface area contributed by atoms with Crippen LogP contribution in [0, 0.1) is 0 Å². The van der Waals surface area contributed by atoms with Crippen LogP contribution in [0.1, 0.15) is 31.2 Å². The summed E-state index contributed by atoms with van der Waals surface area (Å²) in [5.41, 5.74) is 0.168. The maximum Gasteiger partial charge on any atom is 0.137 e. The highest BCUT2D eigenvalue weighted by Gasteiger charge is 2.41. The van der Waals surface area contributed by atoms with E-state index >= 15 is 0 Å². The lowest BCUT2D eigenvalue weighted by Crippen LogP contribution is -2.46. The number of methoxy groups -OCH3 is 1. The Morgan fingerprint density at radius 3 is 3.17 bits per heavy atom. The van der Waals surface area contributed by atoms with Crippen LogP contribution in [-0.2, 0) is 5.60 Å². The second-order valence-corrected chi connectivity index (χ2v) is 5.43. The molecule has 98 valence electrons. The zero-order valence-electron chi connectivity index (χ0n) is 10.8. The molecule has 2 unspecified atom stereocenters. The van der Waals surface area contributed by atoms with Gasteiger partial charge in [-0.25, -0.2) is 0 Å². The smallest absolute Gasteiger partial charge is 0.137 e. The van der Waals surface area contributed by atoms with Gasteiger partial charge in [-0.2, -0.15) is 0 Å². The van der Waals surface area contributed by atoms with Crippen molar-refractivity contribution in [3.8, 4) is 5.75 Å². The number of fused-ring (bicyclic) bond motifs is 1. The van der Waals surface area contributed by atoms with Crippen molar-refractivity contribution in [2.75, 3.05) is 20.2 Å². The number of rotatable bonds is 2. The van der Waals surface area contributed by atoms with E-state index in [9.17, 15) is 5.11 Å². The Morgan fingerprint density at radius 2 is 2.33 bits per heavy atom. The fourth-order valence-electron chi connectivity index (χ4n) is 3.29. The molecule has 0 bridgehead atoms. The van der Waals surface area contributed by atoms with Gasteiger partial charge in [0.1, 0.15) is 5.75 Å². The Balaban J connectivity index is 1.85. The van der Waals surface area contributed by atoms with E-state index in [1.165, 1.54) is 19.4 Å². The number of aliphatic hydroxyl groups is 1. The molecular formula is C14H20N2O2. The first-order valence-corrected chi connectivity index (χ1v) is 6.67. The molecular weight excluding hydrogens is 228 g/mol. The van der Waals surface area contributed by atoms with Crippen LogP contribution in [0.5, 0.6) is 5.75 Å². The molecule has 0 saturated carbocycles. The summed E-state index contributed by atoms with van der Waals surface area (Å²) in [6, 6.07) is 2.45. The van der Waals surface area contributed by atoms with Gasteiger partial charge in [0.05, 0.1) is 18.9 Å². The average Bonchev–Trinajstić information content (AvgIpc) is 2.86. The van der Waals surface area contributed by atoms with Gasteiger partial charge in [0.25, 0.3) is 0 Å². The quantitative estimate of drug-likeness (QED) is 0.862. The molecule has 4 nitrogen and oxygen atoms in total. The molecule has 1 aromatic rings. The number of hydrogen-bond donors (Lipinski definition) is 1. The summed E-state index contributed by atoms with van der Waals surface area (Å²) in [5.74, 6) is 0.717. The Bertz CT molecular complexity index is 438. The van der Waals surface area contributed by atoms with E-state index in [1.807, 2.05) is 6.07 Å². The summed E-state index contributed by atoms with van der Waals surface area (Å²) >= 11 is 0. The first kappa shape index (κ1) is 11.9. The maximum absolute atomic E-state index is 10.9. The van der Waals surface area contributed by atoms with Gasteiger partial charge in [0.2, 0.25) is 0 Å². The first-order chi connectivity index (χ1) is 8.71. The van der Waals surface area contributed by atoms with Gasteiger partial charge >= 0.3 is 0 Å². The predicted molar refractivity (Wildman–Crippen MR) is 68.5 cm³/mol. The van der Waals surface area contributed by atoms with Gasteiger partial charge in [0.15, 0.2) is 0 Å².